The molecule has 0 aliphatic rings. The largest absolute Gasteiger partial charge is 0.493 e. The predicted molar refractivity (Wildman–Crippen MR) is 88.0 cm³/mol. The highest BCUT2D eigenvalue weighted by Gasteiger charge is 2.17. The van der Waals surface area contributed by atoms with Crippen LogP contribution in [-0.4, -0.2) is 30.8 Å². The van der Waals surface area contributed by atoms with Gasteiger partial charge in [-0.3, -0.25) is 4.79 Å². The van der Waals surface area contributed by atoms with E-state index in [-0.39, 0.29) is 6.42 Å². The lowest BCUT2D eigenvalue weighted by Gasteiger charge is -2.16. The average molecular weight is 315 g/mol. The summed E-state index contributed by atoms with van der Waals surface area (Å²) in [4.78, 5) is 11.0. The maximum Gasteiger partial charge on any atom is 0.320 e. The van der Waals surface area contributed by atoms with Crippen LogP contribution in [0.5, 0.6) is 11.5 Å². The van der Waals surface area contributed by atoms with Crippen molar-refractivity contribution >= 4 is 5.97 Å². The molecule has 5 nitrogen and oxygen atoms in total. The predicted octanol–water partition coefficient (Wildman–Crippen LogP) is 2.27. The number of rotatable bonds is 8. The van der Waals surface area contributed by atoms with E-state index >= 15 is 0 Å². The van der Waals surface area contributed by atoms with Crippen LogP contribution in [0.3, 0.4) is 0 Å². The fraction of sp³-hybridized carbons (Fsp3) is 0.278. The summed E-state index contributed by atoms with van der Waals surface area (Å²) in [5.74, 6) is 0.0961. The van der Waals surface area contributed by atoms with Crippen molar-refractivity contribution in [3.63, 3.8) is 0 Å². The van der Waals surface area contributed by atoms with Crippen LogP contribution in [0.2, 0.25) is 0 Å². The molecule has 0 amide bonds. The van der Waals surface area contributed by atoms with Gasteiger partial charge in [0.05, 0.1) is 13.7 Å². The number of aliphatic carboxylic acids is 1. The lowest BCUT2D eigenvalue weighted by atomic mass is 10.0. The minimum Gasteiger partial charge on any atom is -0.493 e. The summed E-state index contributed by atoms with van der Waals surface area (Å²) in [5, 5.41) is 8.99. The lowest BCUT2D eigenvalue weighted by molar-refractivity contribution is -0.138. The molecule has 0 bridgehead atoms. The Morgan fingerprint density at radius 1 is 1.17 bits per heavy atom. The van der Waals surface area contributed by atoms with Crippen molar-refractivity contribution in [1.82, 2.24) is 0 Å². The van der Waals surface area contributed by atoms with Gasteiger partial charge in [0.25, 0.3) is 0 Å². The van der Waals surface area contributed by atoms with Gasteiger partial charge in [0.15, 0.2) is 11.5 Å². The van der Waals surface area contributed by atoms with Gasteiger partial charge in [0.1, 0.15) is 6.04 Å². The Kier molecular flexibility index (Phi) is 6.00. The third kappa shape index (κ3) is 4.72. The molecule has 23 heavy (non-hydrogen) atoms. The molecule has 0 spiro atoms. The standard InChI is InChI=1S/C18H21NO4/c1-22-16-9-5-8-14(12-15(19)18(20)21)17(16)23-11-10-13-6-3-2-4-7-13/h2-9,15H,10-12,19H2,1H3,(H,20,21)/t15-/m0/s1. The van der Waals surface area contributed by atoms with Crippen LogP contribution in [-0.2, 0) is 17.6 Å². The summed E-state index contributed by atoms with van der Waals surface area (Å²) in [7, 11) is 1.56. The monoisotopic (exact) mass is 315 g/mol. The molecule has 3 N–H and O–H groups in total. The summed E-state index contributed by atoms with van der Waals surface area (Å²) in [6.45, 7) is 0.472. The Bertz CT molecular complexity index is 643. The van der Waals surface area contributed by atoms with E-state index in [1.165, 1.54) is 5.56 Å². The molecule has 0 saturated heterocycles. The number of methoxy groups -OCH3 is 1. The summed E-state index contributed by atoms with van der Waals surface area (Å²) in [6.07, 6.45) is 0.941. The zero-order valence-electron chi connectivity index (χ0n) is 13.1. The number of ether oxygens (including phenoxy) is 2. The molecule has 1 atom stereocenters. The molecule has 122 valence electrons. The molecule has 5 heteroatoms. The van der Waals surface area contributed by atoms with Crippen LogP contribution < -0.4 is 15.2 Å². The molecule has 0 aliphatic heterocycles. The smallest absolute Gasteiger partial charge is 0.320 e. The van der Waals surface area contributed by atoms with Crippen LogP contribution in [0, 0.1) is 0 Å². The van der Waals surface area contributed by atoms with E-state index in [2.05, 4.69) is 0 Å². The van der Waals surface area contributed by atoms with Gasteiger partial charge >= 0.3 is 5.97 Å². The van der Waals surface area contributed by atoms with Crippen LogP contribution in [0.15, 0.2) is 48.5 Å². The number of carboxylic acid groups (broad SMARTS) is 1. The zero-order valence-corrected chi connectivity index (χ0v) is 13.1. The number of nitrogens with two attached hydrogens (primary N) is 1. The normalized spacial score (nSPS) is 11.7. The molecule has 0 radical (unpaired) electrons. The number of hydrogen-bond acceptors (Lipinski definition) is 4. The minimum atomic E-state index is -1.04. The first-order valence-electron chi connectivity index (χ1n) is 7.42. The van der Waals surface area contributed by atoms with Crippen molar-refractivity contribution < 1.29 is 19.4 Å². The van der Waals surface area contributed by atoms with E-state index in [1.807, 2.05) is 36.4 Å². The van der Waals surface area contributed by atoms with Crippen LogP contribution >= 0.6 is 0 Å². The van der Waals surface area contributed by atoms with Crippen LogP contribution in [0.4, 0.5) is 0 Å². The Morgan fingerprint density at radius 3 is 2.57 bits per heavy atom. The third-order valence-electron chi connectivity index (χ3n) is 3.52. The average Bonchev–Trinajstić information content (AvgIpc) is 2.56. The van der Waals surface area contributed by atoms with Gasteiger partial charge in [-0.1, -0.05) is 42.5 Å². The first-order valence-corrected chi connectivity index (χ1v) is 7.42. The van der Waals surface area contributed by atoms with Crippen molar-refractivity contribution in [3.05, 3.63) is 59.7 Å². The van der Waals surface area contributed by atoms with Gasteiger partial charge < -0.3 is 20.3 Å². The Hall–Kier alpha value is -2.53. The molecule has 0 aromatic heterocycles. The number of hydrogen-bond donors (Lipinski definition) is 2. The zero-order chi connectivity index (χ0) is 16.7. The topological polar surface area (TPSA) is 81.8 Å². The summed E-state index contributed by atoms with van der Waals surface area (Å²) < 4.78 is 11.2. The van der Waals surface area contributed by atoms with Gasteiger partial charge in [-0.15, -0.1) is 0 Å². The van der Waals surface area contributed by atoms with Gasteiger partial charge in [-0.05, 0) is 11.6 Å². The molecule has 2 aromatic rings. The van der Waals surface area contributed by atoms with Crippen LogP contribution in [0.25, 0.3) is 0 Å². The Balaban J connectivity index is 2.10. The van der Waals surface area contributed by atoms with Gasteiger partial charge in [0.2, 0.25) is 0 Å². The molecule has 0 unspecified atom stereocenters. The number of carbonyl (C=O) groups is 1. The molecular weight excluding hydrogens is 294 g/mol. The fourth-order valence-electron chi connectivity index (χ4n) is 2.29. The second-order valence-electron chi connectivity index (χ2n) is 5.18. The first kappa shape index (κ1) is 16.8. The quantitative estimate of drug-likeness (QED) is 0.781. The van der Waals surface area contributed by atoms with E-state index in [0.29, 0.717) is 18.1 Å². The van der Waals surface area contributed by atoms with Crippen molar-refractivity contribution in [2.75, 3.05) is 13.7 Å². The highest BCUT2D eigenvalue weighted by atomic mass is 16.5. The van der Waals surface area contributed by atoms with E-state index in [0.717, 1.165) is 12.0 Å². The molecular formula is C18H21NO4. The maximum atomic E-state index is 11.0. The molecule has 0 saturated carbocycles. The van der Waals surface area contributed by atoms with Gasteiger partial charge in [-0.2, -0.15) is 0 Å². The SMILES string of the molecule is COc1cccc(C[C@H](N)C(=O)O)c1OCCc1ccccc1. The van der Waals surface area contributed by atoms with E-state index in [1.54, 1.807) is 19.2 Å². The minimum absolute atomic E-state index is 0.188. The van der Waals surface area contributed by atoms with E-state index in [4.69, 9.17) is 20.3 Å². The lowest BCUT2D eigenvalue weighted by Crippen LogP contribution is -2.32. The maximum absolute atomic E-state index is 11.0. The van der Waals surface area contributed by atoms with Gasteiger partial charge in [-0.25, -0.2) is 0 Å². The number of benzene rings is 2. The van der Waals surface area contributed by atoms with Crippen LogP contribution in [0.1, 0.15) is 11.1 Å². The van der Waals surface area contributed by atoms with Crippen molar-refractivity contribution in [2.45, 2.75) is 18.9 Å². The third-order valence-corrected chi connectivity index (χ3v) is 3.52. The highest BCUT2D eigenvalue weighted by molar-refractivity contribution is 5.73. The fourth-order valence-corrected chi connectivity index (χ4v) is 2.29. The Morgan fingerprint density at radius 2 is 1.91 bits per heavy atom. The van der Waals surface area contributed by atoms with E-state index < -0.39 is 12.0 Å². The molecule has 0 heterocycles. The van der Waals surface area contributed by atoms with Crippen molar-refractivity contribution in [2.24, 2.45) is 5.73 Å². The number of carboxylic acids is 1. The number of para-hydroxylation sites is 1. The summed E-state index contributed by atoms with van der Waals surface area (Å²) in [5.41, 5.74) is 7.53. The summed E-state index contributed by atoms with van der Waals surface area (Å²) in [6, 6.07) is 14.4. The second kappa shape index (κ2) is 8.19. The first-order chi connectivity index (χ1) is 11.1. The van der Waals surface area contributed by atoms with E-state index in [9.17, 15) is 4.79 Å². The second-order valence-corrected chi connectivity index (χ2v) is 5.18. The van der Waals surface area contributed by atoms with Crippen molar-refractivity contribution in [3.8, 4) is 11.5 Å². The molecule has 0 aliphatic carbocycles. The molecule has 2 rings (SSSR count). The van der Waals surface area contributed by atoms with Gasteiger partial charge in [0, 0.05) is 18.4 Å². The molecule has 0 fully saturated rings. The highest BCUT2D eigenvalue weighted by Crippen LogP contribution is 2.32. The van der Waals surface area contributed by atoms with Crippen molar-refractivity contribution in [1.29, 1.82) is 0 Å². The summed E-state index contributed by atoms with van der Waals surface area (Å²) >= 11 is 0. The Labute approximate surface area is 135 Å². The molecule has 2 aromatic carbocycles.